The Labute approximate surface area is 221 Å². The van der Waals surface area contributed by atoms with Crippen molar-refractivity contribution in [2.24, 2.45) is 5.92 Å². The minimum atomic E-state index is -0.641. The Kier molecular flexibility index (Phi) is 7.50. The van der Waals surface area contributed by atoms with E-state index in [1.165, 1.54) is 0 Å². The average Bonchev–Trinajstić information content (AvgIpc) is 2.84. The van der Waals surface area contributed by atoms with E-state index in [4.69, 9.17) is 21.1 Å². The smallest absolute Gasteiger partial charge is 0.253 e. The van der Waals surface area contributed by atoms with Crippen molar-refractivity contribution in [2.45, 2.75) is 90.2 Å². The summed E-state index contributed by atoms with van der Waals surface area (Å²) in [6.45, 7) is 6.04. The van der Waals surface area contributed by atoms with Crippen LogP contribution in [0.2, 0.25) is 5.02 Å². The number of H-pyrrole nitrogens is 1. The number of aromatic nitrogens is 1. The Balaban J connectivity index is 1.24. The Morgan fingerprint density at radius 3 is 2.51 bits per heavy atom. The number of aromatic amines is 1. The maximum atomic E-state index is 13.1. The number of carbonyl (C=O) groups excluding carboxylic acids is 1. The molecular weight excluding hydrogens is 497 g/mol. The number of hydrogen-bond acceptors (Lipinski definition) is 5. The molecule has 1 aliphatic heterocycles. The quantitative estimate of drug-likeness (QED) is 0.503. The topological polar surface area (TPSA) is 92.4 Å². The van der Waals surface area contributed by atoms with Crippen LogP contribution < -0.4 is 25.7 Å². The summed E-state index contributed by atoms with van der Waals surface area (Å²) in [5.41, 5.74) is 2.98. The molecule has 3 aliphatic rings. The highest BCUT2D eigenvalue weighted by Crippen LogP contribution is 2.45. The van der Waals surface area contributed by atoms with Gasteiger partial charge in [-0.3, -0.25) is 9.59 Å². The second-order valence-corrected chi connectivity index (χ2v) is 11.2. The van der Waals surface area contributed by atoms with Crippen LogP contribution in [0.3, 0.4) is 0 Å². The molecule has 2 aromatic rings. The second kappa shape index (κ2) is 10.7. The minimum absolute atomic E-state index is 0.110. The first-order chi connectivity index (χ1) is 17.7. The fraction of sp³-hybridized carbons (Fsp3) is 0.571. The molecule has 0 bridgehead atoms. The average molecular weight is 532 g/mol. The molecule has 5 rings (SSSR count). The van der Waals surface area contributed by atoms with E-state index in [1.54, 1.807) is 6.07 Å². The fourth-order valence-corrected chi connectivity index (χ4v) is 6.09. The standard InChI is InChI=1S/C28H35ClFN3O4/c1-14-8-15(2)32-28(35)22(14)12-31-27(34)21-11-23(29)26-25(16(21)3)37-24(13-36-26)17-4-6-19(7-5-17)33-20-9-18(30)10-20/h8,11,17-20,24,33H,4-7,9-10,12-13H2,1-3H3,(H,31,34)(H,32,35). The summed E-state index contributed by atoms with van der Waals surface area (Å²) >= 11 is 6.50. The van der Waals surface area contributed by atoms with E-state index < -0.39 is 6.17 Å². The molecule has 1 unspecified atom stereocenters. The van der Waals surface area contributed by atoms with Crippen LogP contribution in [0, 0.1) is 26.7 Å². The third-order valence-electron chi connectivity index (χ3n) is 8.11. The van der Waals surface area contributed by atoms with Crippen molar-refractivity contribution >= 4 is 17.5 Å². The molecule has 1 atom stereocenters. The van der Waals surface area contributed by atoms with Gasteiger partial charge in [-0.15, -0.1) is 0 Å². The molecule has 2 aliphatic carbocycles. The van der Waals surface area contributed by atoms with Gasteiger partial charge in [-0.2, -0.15) is 0 Å². The summed E-state index contributed by atoms with van der Waals surface area (Å²) in [5, 5.41) is 6.78. The van der Waals surface area contributed by atoms with Crippen molar-refractivity contribution in [3.63, 3.8) is 0 Å². The Bertz CT molecular complexity index is 1230. The van der Waals surface area contributed by atoms with Crippen molar-refractivity contribution in [2.75, 3.05) is 6.61 Å². The summed E-state index contributed by atoms with van der Waals surface area (Å²) < 4.78 is 25.6. The van der Waals surface area contributed by atoms with Gasteiger partial charge in [0.05, 0.1) is 5.02 Å². The van der Waals surface area contributed by atoms with Crippen LogP contribution in [0.25, 0.3) is 0 Å². The van der Waals surface area contributed by atoms with Crippen LogP contribution in [0.1, 0.15) is 71.3 Å². The molecular formula is C28H35ClFN3O4. The number of benzene rings is 1. The number of nitrogens with one attached hydrogen (secondary N) is 3. The lowest BCUT2D eigenvalue weighted by Crippen LogP contribution is -2.49. The molecule has 37 heavy (non-hydrogen) atoms. The van der Waals surface area contributed by atoms with Crippen molar-refractivity contribution < 1.29 is 18.7 Å². The zero-order valence-corrected chi connectivity index (χ0v) is 22.3. The summed E-state index contributed by atoms with van der Waals surface area (Å²) in [6, 6.07) is 4.23. The number of fused-ring (bicyclic) bond motifs is 1. The molecule has 200 valence electrons. The van der Waals surface area contributed by atoms with Crippen LogP contribution in [0.4, 0.5) is 4.39 Å². The molecule has 1 aromatic carbocycles. The Morgan fingerprint density at radius 1 is 1.11 bits per heavy atom. The second-order valence-electron chi connectivity index (χ2n) is 10.8. The monoisotopic (exact) mass is 531 g/mol. The Morgan fingerprint density at radius 2 is 1.84 bits per heavy atom. The predicted molar refractivity (Wildman–Crippen MR) is 141 cm³/mol. The number of halogens is 2. The van der Waals surface area contributed by atoms with E-state index in [9.17, 15) is 14.0 Å². The highest BCUT2D eigenvalue weighted by Gasteiger charge is 2.36. The lowest BCUT2D eigenvalue weighted by Gasteiger charge is -2.40. The van der Waals surface area contributed by atoms with Gasteiger partial charge < -0.3 is 25.1 Å². The highest BCUT2D eigenvalue weighted by molar-refractivity contribution is 6.32. The molecule has 0 spiro atoms. The molecule has 2 saturated carbocycles. The van der Waals surface area contributed by atoms with E-state index >= 15 is 0 Å². The number of amides is 1. The van der Waals surface area contributed by atoms with Crippen molar-refractivity contribution in [1.82, 2.24) is 15.6 Å². The van der Waals surface area contributed by atoms with E-state index in [-0.39, 0.29) is 24.1 Å². The molecule has 2 fully saturated rings. The number of carbonyl (C=O) groups is 1. The van der Waals surface area contributed by atoms with Gasteiger partial charge in [0.25, 0.3) is 11.5 Å². The first kappa shape index (κ1) is 26.0. The lowest BCUT2D eigenvalue weighted by molar-refractivity contribution is 0.0275. The number of pyridine rings is 1. The van der Waals surface area contributed by atoms with Crippen LogP contribution in [0.15, 0.2) is 16.9 Å². The number of rotatable bonds is 6. The van der Waals surface area contributed by atoms with E-state index in [0.29, 0.717) is 70.7 Å². The number of alkyl halides is 1. The predicted octanol–water partition coefficient (Wildman–Crippen LogP) is 4.67. The minimum Gasteiger partial charge on any atom is -0.484 e. The fourth-order valence-electron chi connectivity index (χ4n) is 5.84. The van der Waals surface area contributed by atoms with Gasteiger partial charge in [-0.25, -0.2) is 4.39 Å². The first-order valence-electron chi connectivity index (χ1n) is 13.2. The number of hydrogen-bond donors (Lipinski definition) is 3. The molecule has 3 N–H and O–H groups in total. The first-order valence-corrected chi connectivity index (χ1v) is 13.6. The third kappa shape index (κ3) is 5.50. The van der Waals surface area contributed by atoms with Gasteiger partial charge in [-0.05, 0) is 82.9 Å². The third-order valence-corrected chi connectivity index (χ3v) is 8.39. The van der Waals surface area contributed by atoms with Gasteiger partial charge in [0.15, 0.2) is 11.5 Å². The largest absolute Gasteiger partial charge is 0.484 e. The van der Waals surface area contributed by atoms with Crippen LogP contribution in [-0.2, 0) is 6.54 Å². The maximum Gasteiger partial charge on any atom is 0.253 e. The molecule has 1 aromatic heterocycles. The van der Waals surface area contributed by atoms with Crippen LogP contribution in [0.5, 0.6) is 11.5 Å². The summed E-state index contributed by atoms with van der Waals surface area (Å²) in [5.74, 6) is 1.000. The van der Waals surface area contributed by atoms with Crippen LogP contribution >= 0.6 is 11.6 Å². The molecule has 1 amide bonds. The van der Waals surface area contributed by atoms with Crippen molar-refractivity contribution in [1.29, 1.82) is 0 Å². The van der Waals surface area contributed by atoms with Crippen molar-refractivity contribution in [3.8, 4) is 11.5 Å². The van der Waals surface area contributed by atoms with Gasteiger partial charge in [0.2, 0.25) is 0 Å². The maximum absolute atomic E-state index is 13.1. The molecule has 0 radical (unpaired) electrons. The lowest BCUT2D eigenvalue weighted by atomic mass is 9.81. The summed E-state index contributed by atoms with van der Waals surface area (Å²) in [4.78, 5) is 28.2. The van der Waals surface area contributed by atoms with E-state index in [2.05, 4.69) is 15.6 Å². The number of ether oxygens (including phenoxy) is 2. The van der Waals surface area contributed by atoms with Gasteiger partial charge in [0.1, 0.15) is 18.9 Å². The summed E-state index contributed by atoms with van der Waals surface area (Å²) in [6.07, 6.45) is 4.58. The summed E-state index contributed by atoms with van der Waals surface area (Å²) in [7, 11) is 0. The van der Waals surface area contributed by atoms with E-state index in [0.717, 1.165) is 36.9 Å². The normalized spacial score (nSPS) is 26.9. The number of aryl methyl sites for hydroxylation is 2. The van der Waals surface area contributed by atoms with Crippen LogP contribution in [-0.4, -0.2) is 41.9 Å². The van der Waals surface area contributed by atoms with Gasteiger partial charge in [0, 0.05) is 41.0 Å². The zero-order chi connectivity index (χ0) is 26.3. The van der Waals surface area contributed by atoms with E-state index in [1.807, 2.05) is 26.8 Å². The molecule has 9 heteroatoms. The van der Waals surface area contributed by atoms with Gasteiger partial charge >= 0.3 is 0 Å². The molecule has 7 nitrogen and oxygen atoms in total. The van der Waals surface area contributed by atoms with Crippen molar-refractivity contribution in [3.05, 3.63) is 55.5 Å². The molecule has 0 saturated heterocycles. The Hall–Kier alpha value is -2.58. The highest BCUT2D eigenvalue weighted by atomic mass is 35.5. The molecule has 2 heterocycles. The zero-order valence-electron chi connectivity index (χ0n) is 21.6. The SMILES string of the molecule is Cc1cc(C)c(CNC(=O)c2cc(Cl)c3c(c2C)OC(C2CCC(NC4CC(F)C4)CC2)CO3)c(=O)[nH]1. The van der Waals surface area contributed by atoms with Gasteiger partial charge in [-0.1, -0.05) is 11.6 Å².